The molecular weight excluding hydrogens is 290 g/mol. The van der Waals surface area contributed by atoms with Crippen LogP contribution in [0.25, 0.3) is 6.08 Å². The third-order valence-electron chi connectivity index (χ3n) is 3.06. The summed E-state index contributed by atoms with van der Waals surface area (Å²) in [6.07, 6.45) is 1.50. The van der Waals surface area contributed by atoms with Crippen molar-refractivity contribution in [3.8, 4) is 11.8 Å². The smallest absolute Gasteiger partial charge is 0.349 e. The fraction of sp³-hybridized carbons (Fsp3) is 0.158. The summed E-state index contributed by atoms with van der Waals surface area (Å²) in [5.74, 6) is 0.111. The Morgan fingerprint density at radius 2 is 1.83 bits per heavy atom. The van der Waals surface area contributed by atoms with Gasteiger partial charge in [0, 0.05) is 0 Å². The Balaban J connectivity index is 2.03. The van der Waals surface area contributed by atoms with E-state index >= 15 is 0 Å². The van der Waals surface area contributed by atoms with Crippen LogP contribution in [0, 0.1) is 11.3 Å². The van der Waals surface area contributed by atoms with Crippen molar-refractivity contribution in [2.75, 3.05) is 6.61 Å². The molecule has 0 saturated heterocycles. The van der Waals surface area contributed by atoms with Gasteiger partial charge in [0.15, 0.2) is 0 Å². The van der Waals surface area contributed by atoms with Crippen LogP contribution in [0.15, 0.2) is 60.2 Å². The van der Waals surface area contributed by atoms with Gasteiger partial charge in [-0.25, -0.2) is 4.79 Å². The van der Waals surface area contributed by atoms with Crippen LogP contribution >= 0.6 is 0 Å². The normalized spacial score (nSPS) is 10.7. The monoisotopic (exact) mass is 307 g/mol. The van der Waals surface area contributed by atoms with Gasteiger partial charge in [-0.2, -0.15) is 5.26 Å². The van der Waals surface area contributed by atoms with Crippen molar-refractivity contribution in [3.05, 3.63) is 71.3 Å². The molecule has 0 fully saturated rings. The Morgan fingerprint density at radius 3 is 2.43 bits per heavy atom. The Hall–Kier alpha value is -3.06. The number of rotatable bonds is 6. The number of nitrogens with zero attached hydrogens (tertiary/aromatic N) is 1. The van der Waals surface area contributed by atoms with Crippen LogP contribution in [-0.2, 0) is 16.1 Å². The quantitative estimate of drug-likeness (QED) is 0.463. The maximum Gasteiger partial charge on any atom is 0.349 e. The fourth-order valence-corrected chi connectivity index (χ4v) is 1.93. The second kappa shape index (κ2) is 8.40. The van der Waals surface area contributed by atoms with Crippen LogP contribution in [0.2, 0.25) is 0 Å². The van der Waals surface area contributed by atoms with E-state index < -0.39 is 5.97 Å². The number of nitriles is 1. The molecule has 0 aliphatic rings. The van der Waals surface area contributed by atoms with Crippen molar-refractivity contribution in [2.45, 2.75) is 13.5 Å². The molecule has 0 aromatic heterocycles. The van der Waals surface area contributed by atoms with Gasteiger partial charge >= 0.3 is 5.97 Å². The van der Waals surface area contributed by atoms with Gasteiger partial charge < -0.3 is 9.47 Å². The molecule has 0 radical (unpaired) electrons. The van der Waals surface area contributed by atoms with Crippen molar-refractivity contribution in [1.82, 2.24) is 0 Å². The van der Waals surface area contributed by atoms with Crippen LogP contribution in [-0.4, -0.2) is 12.6 Å². The first-order valence-electron chi connectivity index (χ1n) is 7.28. The summed E-state index contributed by atoms with van der Waals surface area (Å²) >= 11 is 0. The van der Waals surface area contributed by atoms with Gasteiger partial charge in [0.1, 0.15) is 24.0 Å². The predicted molar refractivity (Wildman–Crippen MR) is 87.4 cm³/mol. The fourth-order valence-electron chi connectivity index (χ4n) is 1.93. The largest absolute Gasteiger partial charge is 0.494 e. The lowest BCUT2D eigenvalue weighted by atomic mass is 10.1. The summed E-state index contributed by atoms with van der Waals surface area (Å²) in [7, 11) is 0. The van der Waals surface area contributed by atoms with E-state index in [4.69, 9.17) is 14.7 Å². The molecule has 0 heterocycles. The molecule has 0 bridgehead atoms. The number of hydrogen-bond donors (Lipinski definition) is 0. The zero-order valence-electron chi connectivity index (χ0n) is 12.9. The average molecular weight is 307 g/mol. The minimum absolute atomic E-state index is 0.0370. The second-order valence-corrected chi connectivity index (χ2v) is 4.73. The lowest BCUT2D eigenvalue weighted by Gasteiger charge is -2.05. The van der Waals surface area contributed by atoms with E-state index in [0.29, 0.717) is 6.61 Å². The van der Waals surface area contributed by atoms with E-state index in [2.05, 4.69) is 0 Å². The molecule has 0 spiro atoms. The maximum atomic E-state index is 12.0. The molecule has 0 amide bonds. The summed E-state index contributed by atoms with van der Waals surface area (Å²) < 4.78 is 10.5. The highest BCUT2D eigenvalue weighted by Gasteiger charge is 2.11. The zero-order chi connectivity index (χ0) is 16.5. The van der Waals surface area contributed by atoms with Crippen molar-refractivity contribution in [1.29, 1.82) is 5.26 Å². The Bertz CT molecular complexity index is 713. The molecule has 0 N–H and O–H groups in total. The standard InChI is InChI=1S/C19H17NO3/c1-2-22-18-10-8-15(9-11-18)12-17(13-20)19(21)23-14-16-6-4-3-5-7-16/h3-12H,2,14H2,1H3. The first-order chi connectivity index (χ1) is 11.2. The molecule has 4 heteroatoms. The highest BCUT2D eigenvalue weighted by molar-refractivity contribution is 5.97. The molecule has 2 aromatic carbocycles. The average Bonchev–Trinajstić information content (AvgIpc) is 2.60. The van der Waals surface area contributed by atoms with E-state index in [9.17, 15) is 4.79 Å². The zero-order valence-corrected chi connectivity index (χ0v) is 12.9. The maximum absolute atomic E-state index is 12.0. The van der Waals surface area contributed by atoms with Gasteiger partial charge in [-0.3, -0.25) is 0 Å². The number of hydrogen-bond acceptors (Lipinski definition) is 4. The molecule has 2 rings (SSSR count). The molecule has 4 nitrogen and oxygen atoms in total. The summed E-state index contributed by atoms with van der Waals surface area (Å²) in [5, 5.41) is 9.15. The van der Waals surface area contributed by atoms with Gasteiger partial charge in [0.2, 0.25) is 0 Å². The lowest BCUT2D eigenvalue weighted by Crippen LogP contribution is -2.06. The first kappa shape index (κ1) is 16.3. The number of carbonyl (C=O) groups excluding carboxylic acids is 1. The van der Waals surface area contributed by atoms with Crippen molar-refractivity contribution < 1.29 is 14.3 Å². The first-order valence-corrected chi connectivity index (χ1v) is 7.28. The number of esters is 1. The molecule has 23 heavy (non-hydrogen) atoms. The van der Waals surface area contributed by atoms with Crippen LogP contribution < -0.4 is 4.74 Å². The van der Waals surface area contributed by atoms with Gasteiger partial charge in [-0.05, 0) is 36.3 Å². The van der Waals surface area contributed by atoms with E-state index in [-0.39, 0.29) is 12.2 Å². The van der Waals surface area contributed by atoms with Crippen LogP contribution in [0.3, 0.4) is 0 Å². The Kier molecular flexibility index (Phi) is 5.96. The third-order valence-corrected chi connectivity index (χ3v) is 3.06. The summed E-state index contributed by atoms with van der Waals surface area (Å²) in [6, 6.07) is 18.4. The number of carbonyl (C=O) groups is 1. The highest BCUT2D eigenvalue weighted by atomic mass is 16.5. The summed E-state index contributed by atoms with van der Waals surface area (Å²) in [4.78, 5) is 12.0. The number of ether oxygens (including phenoxy) is 2. The number of benzene rings is 2. The van der Waals surface area contributed by atoms with Gasteiger partial charge in [0.25, 0.3) is 0 Å². The Morgan fingerprint density at radius 1 is 1.13 bits per heavy atom. The molecule has 0 aliphatic heterocycles. The van der Waals surface area contributed by atoms with Crippen LogP contribution in [0.4, 0.5) is 0 Å². The molecule has 0 atom stereocenters. The third kappa shape index (κ3) is 5.01. The van der Waals surface area contributed by atoms with E-state index in [0.717, 1.165) is 16.9 Å². The molecule has 0 saturated carbocycles. The lowest BCUT2D eigenvalue weighted by molar-refractivity contribution is -0.139. The molecule has 2 aromatic rings. The summed E-state index contributed by atoms with van der Waals surface area (Å²) in [5.41, 5.74) is 1.57. The van der Waals surface area contributed by atoms with E-state index in [1.807, 2.05) is 43.3 Å². The molecule has 116 valence electrons. The second-order valence-electron chi connectivity index (χ2n) is 4.73. The van der Waals surface area contributed by atoms with Gasteiger partial charge in [-0.15, -0.1) is 0 Å². The minimum atomic E-state index is -0.634. The van der Waals surface area contributed by atoms with Crippen molar-refractivity contribution in [2.24, 2.45) is 0 Å². The van der Waals surface area contributed by atoms with Crippen molar-refractivity contribution >= 4 is 12.0 Å². The summed E-state index contributed by atoms with van der Waals surface area (Å²) in [6.45, 7) is 2.64. The Labute approximate surface area is 135 Å². The van der Waals surface area contributed by atoms with Gasteiger partial charge in [0.05, 0.1) is 6.61 Å². The molecule has 0 unspecified atom stereocenters. The van der Waals surface area contributed by atoms with Gasteiger partial charge in [-0.1, -0.05) is 42.5 Å². The SMILES string of the molecule is CCOc1ccc(C=C(C#N)C(=O)OCc2ccccc2)cc1. The van der Waals surface area contributed by atoms with Crippen LogP contribution in [0.1, 0.15) is 18.1 Å². The minimum Gasteiger partial charge on any atom is -0.494 e. The topological polar surface area (TPSA) is 59.3 Å². The predicted octanol–water partition coefficient (Wildman–Crippen LogP) is 3.74. The van der Waals surface area contributed by atoms with Crippen molar-refractivity contribution in [3.63, 3.8) is 0 Å². The highest BCUT2D eigenvalue weighted by Crippen LogP contribution is 2.15. The molecule has 0 aliphatic carbocycles. The van der Waals surface area contributed by atoms with E-state index in [1.54, 1.807) is 24.3 Å². The molecular formula is C19H17NO3. The van der Waals surface area contributed by atoms with E-state index in [1.165, 1.54) is 6.08 Å². The van der Waals surface area contributed by atoms with Crippen LogP contribution in [0.5, 0.6) is 5.75 Å².